The number of rotatable bonds is 2. The number of nitrogens with zero attached hydrogens (tertiary/aromatic N) is 3. The summed E-state index contributed by atoms with van der Waals surface area (Å²) in [6.45, 7) is 3.21. The Morgan fingerprint density at radius 3 is 2.36 bits per heavy atom. The maximum Gasteiger partial charge on any atom is 0.215 e. The quantitative estimate of drug-likeness (QED) is 0.885. The minimum Gasteiger partial charge on any atom is -0.496 e. The van der Waals surface area contributed by atoms with E-state index in [1.807, 2.05) is 18.2 Å². The topological polar surface area (TPSA) is 123 Å². The van der Waals surface area contributed by atoms with Gasteiger partial charge in [0.1, 0.15) is 11.9 Å². The van der Waals surface area contributed by atoms with Crippen LogP contribution in [0.4, 0.5) is 0 Å². The number of para-hydroxylation sites is 1. The average molecular weight is 336 g/mol. The van der Waals surface area contributed by atoms with Crippen molar-refractivity contribution in [2.45, 2.75) is 25.7 Å². The molecule has 1 aromatic carbocycles. The van der Waals surface area contributed by atoms with E-state index in [0.717, 1.165) is 0 Å². The van der Waals surface area contributed by atoms with Gasteiger partial charge < -0.3 is 14.2 Å². The molecule has 3 fully saturated rings. The Labute approximate surface area is 145 Å². The molecule has 126 valence electrons. The molecule has 0 unspecified atom stereocenters. The Morgan fingerprint density at radius 1 is 1.16 bits per heavy atom. The molecule has 7 heteroatoms. The van der Waals surface area contributed by atoms with E-state index < -0.39 is 34.5 Å². The average Bonchev–Trinajstić information content (AvgIpc) is 2.63. The minimum absolute atomic E-state index is 0.430. The predicted octanol–water partition coefficient (Wildman–Crippen LogP) is 2.67. The first-order valence-electron chi connectivity index (χ1n) is 7.69. The summed E-state index contributed by atoms with van der Waals surface area (Å²) in [6, 6.07) is 12.9. The van der Waals surface area contributed by atoms with Crippen molar-refractivity contribution < 1.29 is 14.2 Å². The molecule has 4 atom stereocenters. The zero-order chi connectivity index (χ0) is 18.5. The Balaban J connectivity index is 2.37. The first-order chi connectivity index (χ1) is 11.9. The second kappa shape index (κ2) is 5.21. The van der Waals surface area contributed by atoms with E-state index >= 15 is 0 Å². The van der Waals surface area contributed by atoms with Crippen LogP contribution >= 0.6 is 0 Å². The highest BCUT2D eigenvalue weighted by molar-refractivity contribution is 5.89. The van der Waals surface area contributed by atoms with Crippen LogP contribution in [0.5, 0.6) is 5.75 Å². The Bertz CT molecular complexity index is 864. The van der Waals surface area contributed by atoms with Crippen molar-refractivity contribution in [3.63, 3.8) is 0 Å². The van der Waals surface area contributed by atoms with Crippen molar-refractivity contribution in [3.05, 3.63) is 29.8 Å². The Kier molecular flexibility index (Phi) is 3.49. The van der Waals surface area contributed by atoms with Gasteiger partial charge >= 0.3 is 0 Å². The highest BCUT2D eigenvalue weighted by Crippen LogP contribution is 2.66. The Hall–Kier alpha value is -3.08. The molecule has 0 saturated carbocycles. The molecule has 1 aromatic rings. The molecule has 0 radical (unpaired) electrons. The van der Waals surface area contributed by atoms with Gasteiger partial charge in [0.2, 0.25) is 11.7 Å². The second-order valence-electron chi connectivity index (χ2n) is 6.36. The third kappa shape index (κ3) is 1.72. The lowest BCUT2D eigenvalue weighted by Crippen LogP contribution is -2.71. The maximum absolute atomic E-state index is 10.0. The number of hydrogen-bond acceptors (Lipinski definition) is 7. The number of nitrogens with one attached hydrogen (secondary N) is 1. The van der Waals surface area contributed by atoms with Crippen molar-refractivity contribution in [2.24, 2.45) is 16.7 Å². The molecule has 4 rings (SSSR count). The molecule has 2 bridgehead atoms. The molecule has 1 N–H and O–H groups in total. The lowest BCUT2D eigenvalue weighted by atomic mass is 9.51. The van der Waals surface area contributed by atoms with Crippen molar-refractivity contribution in [3.8, 4) is 24.0 Å². The van der Waals surface area contributed by atoms with Crippen LogP contribution in [0.25, 0.3) is 0 Å². The van der Waals surface area contributed by atoms with Crippen molar-refractivity contribution >= 4 is 5.90 Å². The van der Waals surface area contributed by atoms with Crippen LogP contribution in [0.1, 0.15) is 25.5 Å². The van der Waals surface area contributed by atoms with Gasteiger partial charge in [0.15, 0.2) is 10.8 Å². The van der Waals surface area contributed by atoms with Crippen LogP contribution in [0.15, 0.2) is 24.3 Å². The Morgan fingerprint density at radius 2 is 1.80 bits per heavy atom. The number of benzene rings is 1. The fourth-order valence-electron chi connectivity index (χ4n) is 3.83. The van der Waals surface area contributed by atoms with Crippen LogP contribution < -0.4 is 4.74 Å². The van der Waals surface area contributed by atoms with Crippen LogP contribution in [0.3, 0.4) is 0 Å². The number of methoxy groups -OCH3 is 1. The minimum atomic E-state index is -1.90. The molecule has 3 aliphatic heterocycles. The largest absolute Gasteiger partial charge is 0.496 e. The molecule has 25 heavy (non-hydrogen) atoms. The van der Waals surface area contributed by atoms with Gasteiger partial charge in [-0.3, -0.25) is 5.41 Å². The van der Waals surface area contributed by atoms with Crippen molar-refractivity contribution in [1.29, 1.82) is 21.2 Å². The van der Waals surface area contributed by atoms with E-state index in [4.69, 9.17) is 19.6 Å². The molecule has 3 heterocycles. The smallest absolute Gasteiger partial charge is 0.215 e. The predicted molar refractivity (Wildman–Crippen MR) is 84.9 cm³/mol. The van der Waals surface area contributed by atoms with Gasteiger partial charge in [-0.05, 0) is 6.07 Å². The van der Waals surface area contributed by atoms with Gasteiger partial charge in [0.05, 0.1) is 31.2 Å². The van der Waals surface area contributed by atoms with E-state index in [1.54, 1.807) is 38.1 Å². The van der Waals surface area contributed by atoms with Gasteiger partial charge in [0, 0.05) is 12.5 Å². The highest BCUT2D eigenvalue weighted by atomic mass is 16.7. The van der Waals surface area contributed by atoms with Crippen molar-refractivity contribution in [1.82, 2.24) is 0 Å². The van der Waals surface area contributed by atoms with E-state index in [2.05, 4.69) is 0 Å². The molecular weight excluding hydrogens is 320 g/mol. The fraction of sp³-hybridized carbons (Fsp3) is 0.444. The lowest BCUT2D eigenvalue weighted by Gasteiger charge is -2.60. The number of fused-ring (bicyclic) bond motifs is 3. The summed E-state index contributed by atoms with van der Waals surface area (Å²) in [7, 11) is 1.48. The fourth-order valence-corrected chi connectivity index (χ4v) is 3.83. The zero-order valence-electron chi connectivity index (χ0n) is 14.0. The molecule has 0 spiro atoms. The lowest BCUT2D eigenvalue weighted by molar-refractivity contribution is -0.338. The molecule has 7 nitrogen and oxygen atoms in total. The number of ether oxygens (including phenoxy) is 3. The van der Waals surface area contributed by atoms with Gasteiger partial charge in [0.25, 0.3) is 0 Å². The molecule has 3 saturated heterocycles. The summed E-state index contributed by atoms with van der Waals surface area (Å²) in [5.41, 5.74) is -3.20. The van der Waals surface area contributed by atoms with E-state index in [0.29, 0.717) is 11.3 Å². The maximum atomic E-state index is 10.0. The van der Waals surface area contributed by atoms with E-state index in [-0.39, 0.29) is 0 Å². The molecular formula is C18H16N4O3. The summed E-state index contributed by atoms with van der Waals surface area (Å²) in [6.07, 6.45) is -1.05. The summed E-state index contributed by atoms with van der Waals surface area (Å²) in [4.78, 5) is 0. The zero-order valence-corrected chi connectivity index (χ0v) is 14.0. The summed E-state index contributed by atoms with van der Waals surface area (Å²) in [5.74, 6) is -2.11. The molecule has 0 aromatic heterocycles. The van der Waals surface area contributed by atoms with Crippen molar-refractivity contribution in [2.75, 3.05) is 7.11 Å². The summed E-state index contributed by atoms with van der Waals surface area (Å²) in [5, 5.41) is 38.2. The molecule has 3 aliphatic rings. The normalized spacial score (nSPS) is 35.0. The monoisotopic (exact) mass is 336 g/mol. The van der Waals surface area contributed by atoms with Crippen LogP contribution in [-0.2, 0) is 9.47 Å². The van der Waals surface area contributed by atoms with Crippen LogP contribution in [0.2, 0.25) is 0 Å². The van der Waals surface area contributed by atoms with Crippen LogP contribution in [-0.4, -0.2) is 18.8 Å². The van der Waals surface area contributed by atoms with E-state index in [9.17, 15) is 15.8 Å². The first kappa shape index (κ1) is 16.8. The van der Waals surface area contributed by atoms with Gasteiger partial charge in [-0.2, -0.15) is 15.8 Å². The number of hydrogen-bond donors (Lipinski definition) is 1. The van der Waals surface area contributed by atoms with Gasteiger partial charge in [-0.25, -0.2) is 0 Å². The van der Waals surface area contributed by atoms with Crippen LogP contribution in [0, 0.1) is 56.2 Å². The van der Waals surface area contributed by atoms with Gasteiger partial charge in [-0.15, -0.1) is 0 Å². The number of nitriles is 3. The second-order valence-corrected chi connectivity index (χ2v) is 6.36. The third-order valence-electron chi connectivity index (χ3n) is 5.42. The first-order valence-corrected chi connectivity index (χ1v) is 7.69. The van der Waals surface area contributed by atoms with Gasteiger partial charge in [-0.1, -0.05) is 25.1 Å². The molecule has 0 amide bonds. The summed E-state index contributed by atoms with van der Waals surface area (Å²) < 4.78 is 17.0. The highest BCUT2D eigenvalue weighted by Gasteiger charge is 2.78. The summed E-state index contributed by atoms with van der Waals surface area (Å²) >= 11 is 0. The van der Waals surface area contributed by atoms with E-state index in [1.165, 1.54) is 7.11 Å². The SMILES string of the molecule is COc1ccccc1[C@@H]1O[C@@]2(C)OC(=N)[C@@]1(C#N)C(C#N)(C#N)[C@H]2C. The molecule has 0 aliphatic carbocycles. The third-order valence-corrected chi connectivity index (χ3v) is 5.42. The standard InChI is InChI=1S/C18H16N4O3/c1-11-16(2)24-14(12-6-4-5-7-13(12)23-3)18(10-21,15(22)25-16)17(11,8-19)9-20/h4-7,11,14,22H,1-3H3/t11-,14-,16-,18-/m0/s1.